The van der Waals surface area contributed by atoms with Crippen molar-refractivity contribution in [3.05, 3.63) is 23.8 Å². The van der Waals surface area contributed by atoms with Crippen LogP contribution in [0.1, 0.15) is 10.4 Å². The number of rotatable bonds is 3. The van der Waals surface area contributed by atoms with Gasteiger partial charge in [0.1, 0.15) is 0 Å². The highest BCUT2D eigenvalue weighted by molar-refractivity contribution is 5.92. The van der Waals surface area contributed by atoms with Gasteiger partial charge in [-0.1, -0.05) is 0 Å². The number of carbonyl (C=O) groups is 1. The van der Waals surface area contributed by atoms with Gasteiger partial charge in [0.05, 0.1) is 12.7 Å². The van der Waals surface area contributed by atoms with Gasteiger partial charge in [0.25, 0.3) is 0 Å². The van der Waals surface area contributed by atoms with E-state index in [4.69, 9.17) is 4.74 Å². The molecule has 3 rings (SSSR count). The van der Waals surface area contributed by atoms with Crippen molar-refractivity contribution in [3.63, 3.8) is 0 Å². The standard InChI is InChI=1S/C12H14N2O2/c1-16-12(15)9-6-10(13-2-3-13)8-11(7-9)14-4-5-14/h6-8H,2-5H2,1H3. The Hall–Kier alpha value is -1.71. The Morgan fingerprint density at radius 1 is 1.06 bits per heavy atom. The molecule has 16 heavy (non-hydrogen) atoms. The molecular weight excluding hydrogens is 204 g/mol. The Kier molecular flexibility index (Phi) is 2.02. The number of carbonyl (C=O) groups excluding carboxylic acids is 1. The smallest absolute Gasteiger partial charge is 0.337 e. The van der Waals surface area contributed by atoms with Crippen molar-refractivity contribution in [3.8, 4) is 0 Å². The van der Waals surface area contributed by atoms with Gasteiger partial charge in [-0.15, -0.1) is 0 Å². The van der Waals surface area contributed by atoms with Crippen molar-refractivity contribution in [2.75, 3.05) is 43.1 Å². The number of nitrogens with zero attached hydrogens (tertiary/aromatic N) is 2. The van der Waals surface area contributed by atoms with Gasteiger partial charge in [-0.3, -0.25) is 0 Å². The van der Waals surface area contributed by atoms with Gasteiger partial charge in [0.2, 0.25) is 0 Å². The summed E-state index contributed by atoms with van der Waals surface area (Å²) >= 11 is 0. The van der Waals surface area contributed by atoms with Crippen LogP contribution in [0.2, 0.25) is 0 Å². The van der Waals surface area contributed by atoms with Gasteiger partial charge >= 0.3 is 5.97 Å². The first kappa shape index (κ1) is 9.51. The zero-order valence-electron chi connectivity index (χ0n) is 9.27. The van der Waals surface area contributed by atoms with Crippen molar-refractivity contribution < 1.29 is 9.53 Å². The number of ether oxygens (including phenoxy) is 1. The summed E-state index contributed by atoms with van der Waals surface area (Å²) in [6.07, 6.45) is 0. The molecule has 4 nitrogen and oxygen atoms in total. The van der Waals surface area contributed by atoms with Gasteiger partial charge in [0, 0.05) is 37.6 Å². The second-order valence-corrected chi connectivity index (χ2v) is 4.20. The van der Waals surface area contributed by atoms with Gasteiger partial charge < -0.3 is 14.5 Å². The van der Waals surface area contributed by atoms with E-state index in [1.165, 1.54) is 7.11 Å². The van der Waals surface area contributed by atoms with Crippen LogP contribution in [0.4, 0.5) is 11.4 Å². The molecule has 2 saturated heterocycles. The normalized spacial score (nSPS) is 17.3. The third kappa shape index (κ3) is 1.71. The van der Waals surface area contributed by atoms with E-state index in [1.807, 2.05) is 12.1 Å². The molecule has 0 radical (unpaired) electrons. The first-order valence-electron chi connectivity index (χ1n) is 5.51. The van der Waals surface area contributed by atoms with E-state index in [9.17, 15) is 4.79 Å². The third-order valence-corrected chi connectivity index (χ3v) is 2.95. The molecular formula is C12H14N2O2. The summed E-state index contributed by atoms with van der Waals surface area (Å²) in [5.74, 6) is -0.258. The molecule has 0 atom stereocenters. The van der Waals surface area contributed by atoms with Gasteiger partial charge in [-0.05, 0) is 18.2 Å². The Labute approximate surface area is 94.4 Å². The number of methoxy groups -OCH3 is 1. The van der Waals surface area contributed by atoms with Crippen molar-refractivity contribution >= 4 is 17.3 Å². The fourth-order valence-corrected chi connectivity index (χ4v) is 1.81. The van der Waals surface area contributed by atoms with E-state index in [0.29, 0.717) is 5.56 Å². The predicted molar refractivity (Wildman–Crippen MR) is 62.2 cm³/mol. The summed E-state index contributed by atoms with van der Waals surface area (Å²) in [5, 5.41) is 0. The second-order valence-electron chi connectivity index (χ2n) is 4.20. The highest BCUT2D eigenvalue weighted by atomic mass is 16.5. The van der Waals surface area contributed by atoms with Crippen LogP contribution in [-0.4, -0.2) is 39.3 Å². The van der Waals surface area contributed by atoms with Crippen molar-refractivity contribution in [2.24, 2.45) is 0 Å². The fourth-order valence-electron chi connectivity index (χ4n) is 1.81. The maximum Gasteiger partial charge on any atom is 0.337 e. The minimum Gasteiger partial charge on any atom is -0.465 e. The van der Waals surface area contributed by atoms with Crippen LogP contribution in [0.3, 0.4) is 0 Å². The lowest BCUT2D eigenvalue weighted by Crippen LogP contribution is -2.04. The van der Waals surface area contributed by atoms with Crippen LogP contribution in [0.25, 0.3) is 0 Å². The van der Waals surface area contributed by atoms with E-state index in [-0.39, 0.29) is 5.97 Å². The van der Waals surface area contributed by atoms with E-state index in [1.54, 1.807) is 0 Å². The monoisotopic (exact) mass is 218 g/mol. The molecule has 2 heterocycles. The average molecular weight is 218 g/mol. The molecule has 2 aliphatic rings. The molecule has 0 unspecified atom stereocenters. The number of hydrogen-bond donors (Lipinski definition) is 0. The van der Waals surface area contributed by atoms with Gasteiger partial charge in [0.15, 0.2) is 0 Å². The van der Waals surface area contributed by atoms with E-state index >= 15 is 0 Å². The lowest BCUT2D eigenvalue weighted by Gasteiger charge is -2.10. The minimum absolute atomic E-state index is 0.258. The largest absolute Gasteiger partial charge is 0.465 e. The predicted octanol–water partition coefficient (Wildman–Crippen LogP) is 1.11. The molecule has 0 amide bonds. The van der Waals surface area contributed by atoms with E-state index in [0.717, 1.165) is 37.6 Å². The van der Waals surface area contributed by atoms with Crippen LogP contribution in [0.15, 0.2) is 18.2 Å². The molecule has 2 fully saturated rings. The van der Waals surface area contributed by atoms with Crippen LogP contribution < -0.4 is 9.80 Å². The topological polar surface area (TPSA) is 32.3 Å². The lowest BCUT2D eigenvalue weighted by atomic mass is 10.1. The summed E-state index contributed by atoms with van der Waals surface area (Å²) in [6.45, 7) is 4.35. The summed E-state index contributed by atoms with van der Waals surface area (Å²) in [5.41, 5.74) is 2.91. The fraction of sp³-hybridized carbons (Fsp3) is 0.417. The zero-order valence-corrected chi connectivity index (χ0v) is 9.27. The molecule has 0 N–H and O–H groups in total. The summed E-state index contributed by atoms with van der Waals surface area (Å²) in [7, 11) is 1.42. The molecule has 0 aromatic heterocycles. The molecule has 84 valence electrons. The molecule has 0 aliphatic carbocycles. The molecule has 4 heteroatoms. The zero-order chi connectivity index (χ0) is 11.1. The number of anilines is 2. The SMILES string of the molecule is COC(=O)c1cc(N2CC2)cc(N2CC2)c1. The highest BCUT2D eigenvalue weighted by Crippen LogP contribution is 2.31. The van der Waals surface area contributed by atoms with Crippen molar-refractivity contribution in [1.29, 1.82) is 0 Å². The first-order chi connectivity index (χ1) is 7.78. The van der Waals surface area contributed by atoms with Crippen molar-refractivity contribution in [2.45, 2.75) is 0 Å². The van der Waals surface area contributed by atoms with Crippen LogP contribution in [0.5, 0.6) is 0 Å². The van der Waals surface area contributed by atoms with Crippen LogP contribution in [-0.2, 0) is 4.74 Å². The Bertz CT molecular complexity index is 406. The van der Waals surface area contributed by atoms with Gasteiger partial charge in [-0.25, -0.2) is 4.79 Å². The quantitative estimate of drug-likeness (QED) is 0.562. The first-order valence-corrected chi connectivity index (χ1v) is 5.51. The second kappa shape index (κ2) is 3.40. The molecule has 0 spiro atoms. The Morgan fingerprint density at radius 3 is 1.94 bits per heavy atom. The molecule has 2 aliphatic heterocycles. The molecule has 0 bridgehead atoms. The van der Waals surface area contributed by atoms with Crippen molar-refractivity contribution in [1.82, 2.24) is 0 Å². The Balaban J connectivity index is 1.99. The van der Waals surface area contributed by atoms with Crippen LogP contribution >= 0.6 is 0 Å². The molecule has 1 aromatic rings. The maximum atomic E-state index is 11.5. The number of benzene rings is 1. The summed E-state index contributed by atoms with van der Waals surface area (Å²) in [4.78, 5) is 16.0. The summed E-state index contributed by atoms with van der Waals surface area (Å²) in [6, 6.07) is 5.96. The summed E-state index contributed by atoms with van der Waals surface area (Å²) < 4.78 is 4.77. The van der Waals surface area contributed by atoms with Gasteiger partial charge in [-0.2, -0.15) is 0 Å². The number of esters is 1. The van der Waals surface area contributed by atoms with Crippen LogP contribution in [0, 0.1) is 0 Å². The molecule has 0 saturated carbocycles. The third-order valence-electron chi connectivity index (χ3n) is 2.95. The maximum absolute atomic E-state index is 11.5. The Morgan fingerprint density at radius 2 is 1.56 bits per heavy atom. The minimum atomic E-state index is -0.258. The van der Waals surface area contributed by atoms with E-state index < -0.39 is 0 Å². The molecule has 1 aromatic carbocycles. The highest BCUT2D eigenvalue weighted by Gasteiger charge is 2.24. The number of hydrogen-bond acceptors (Lipinski definition) is 4. The lowest BCUT2D eigenvalue weighted by molar-refractivity contribution is 0.0601. The van der Waals surface area contributed by atoms with E-state index in [2.05, 4.69) is 15.9 Å². The average Bonchev–Trinajstić information content (AvgIpc) is 3.20.